The van der Waals surface area contributed by atoms with Crippen LogP contribution in [0, 0.1) is 11.3 Å². The van der Waals surface area contributed by atoms with Gasteiger partial charge in [0.05, 0.1) is 6.04 Å². The lowest BCUT2D eigenvalue weighted by atomic mass is 10.0. The van der Waals surface area contributed by atoms with Crippen LogP contribution in [0.3, 0.4) is 0 Å². The number of amides is 1. The summed E-state index contributed by atoms with van der Waals surface area (Å²) >= 11 is 0. The maximum atomic E-state index is 14.2. The molecule has 3 aromatic rings. The van der Waals surface area contributed by atoms with Crippen molar-refractivity contribution in [2.45, 2.75) is 51.7 Å². The number of carbonyl (C=O) groups excluding carboxylic acids is 2. The Labute approximate surface area is 232 Å². The van der Waals surface area contributed by atoms with Gasteiger partial charge in [-0.25, -0.2) is 4.79 Å². The first kappa shape index (κ1) is 29.9. The van der Waals surface area contributed by atoms with Gasteiger partial charge >= 0.3 is 6.09 Å². The molecule has 0 saturated carbocycles. The molecule has 0 heterocycles. The molecule has 1 unspecified atom stereocenters. The summed E-state index contributed by atoms with van der Waals surface area (Å²) in [5.74, 6) is -0.190. The van der Waals surface area contributed by atoms with Gasteiger partial charge in [-0.2, -0.15) is 5.26 Å². The molecule has 3 aromatic carbocycles. The monoisotopic (exact) mass is 543 g/mol. The minimum atomic E-state index is -2.77. The maximum Gasteiger partial charge on any atom is 0.407 e. The zero-order chi connectivity index (χ0) is 28.3. The van der Waals surface area contributed by atoms with Crippen LogP contribution in [0.15, 0.2) is 91.0 Å². The Balaban J connectivity index is 2.00. The van der Waals surface area contributed by atoms with Crippen molar-refractivity contribution in [2.24, 2.45) is 0 Å². The number of alkyl carbamates (subject to hydrolysis) is 1. The van der Waals surface area contributed by atoms with Gasteiger partial charge in [-0.05, 0) is 69.9 Å². The second-order valence-corrected chi connectivity index (χ2v) is 13.6. The van der Waals surface area contributed by atoms with Crippen LogP contribution >= 0.6 is 6.89 Å². The highest BCUT2D eigenvalue weighted by atomic mass is 31.2. The predicted molar refractivity (Wildman–Crippen MR) is 162 cm³/mol. The van der Waals surface area contributed by atoms with E-state index in [-0.39, 0.29) is 11.1 Å². The molecule has 0 aromatic heterocycles. The largest absolute Gasteiger partial charge is 0.444 e. The number of hydrogen-bond acceptors (Lipinski definition) is 5. The van der Waals surface area contributed by atoms with Gasteiger partial charge in [-0.15, -0.1) is 0 Å². The molecule has 0 spiro atoms. The zero-order valence-corrected chi connectivity index (χ0v) is 24.1. The average molecular weight is 544 g/mol. The quantitative estimate of drug-likeness (QED) is 0.274. The van der Waals surface area contributed by atoms with E-state index in [1.165, 1.54) is 0 Å². The molecule has 0 radical (unpaired) electrons. The van der Waals surface area contributed by atoms with Gasteiger partial charge in [0.1, 0.15) is 17.0 Å². The molecule has 1 amide bonds. The molecule has 0 bridgehead atoms. The van der Waals surface area contributed by atoms with E-state index in [2.05, 4.69) is 16.7 Å². The molecule has 204 valence electrons. The molecule has 6 nitrogen and oxygen atoms in total. The fraction of sp³-hybridized carbons (Fsp3) is 0.312. The molecule has 0 fully saturated rings. The highest BCUT2D eigenvalue weighted by Gasteiger charge is 2.35. The van der Waals surface area contributed by atoms with Crippen LogP contribution in [0.4, 0.5) is 4.79 Å². The van der Waals surface area contributed by atoms with Crippen LogP contribution in [0.5, 0.6) is 0 Å². The molecule has 2 N–H and O–H groups in total. The number of ketones is 1. The first-order chi connectivity index (χ1) is 18.7. The fourth-order valence-electron chi connectivity index (χ4n) is 4.63. The van der Waals surface area contributed by atoms with Crippen LogP contribution in [0.1, 0.15) is 40.0 Å². The van der Waals surface area contributed by atoms with E-state index in [4.69, 9.17) is 4.74 Å². The van der Waals surface area contributed by atoms with Crippen molar-refractivity contribution in [2.75, 3.05) is 13.6 Å². The Kier molecular flexibility index (Phi) is 10.7. The summed E-state index contributed by atoms with van der Waals surface area (Å²) in [4.78, 5) is 26.1. The number of hydrogen-bond donors (Lipinski definition) is 2. The number of nitrogens with one attached hydrogen (secondary N) is 2. The lowest BCUT2D eigenvalue weighted by molar-refractivity contribution is -0.114. The first-order valence-corrected chi connectivity index (χ1v) is 15.0. The van der Waals surface area contributed by atoms with Gasteiger partial charge in [0.15, 0.2) is 5.78 Å². The second-order valence-electron chi connectivity index (χ2n) is 10.3. The van der Waals surface area contributed by atoms with Gasteiger partial charge in [-0.3, -0.25) is 4.79 Å². The number of nitriles is 1. The van der Waals surface area contributed by atoms with Crippen molar-refractivity contribution < 1.29 is 14.3 Å². The number of ether oxygens (including phenoxy) is 1. The summed E-state index contributed by atoms with van der Waals surface area (Å²) < 4.78 is 5.28. The molecule has 0 aliphatic heterocycles. The molecule has 0 saturated heterocycles. The Bertz CT molecular complexity index is 1220. The van der Waals surface area contributed by atoms with Gasteiger partial charge in [-0.1, -0.05) is 91.0 Å². The molecule has 1 atom stereocenters. The molecular weight excluding hydrogens is 505 g/mol. The van der Waals surface area contributed by atoms with E-state index in [1.807, 2.05) is 112 Å². The Hall–Kier alpha value is -3.65. The third-order valence-corrected chi connectivity index (χ3v) is 10.6. The van der Waals surface area contributed by atoms with E-state index in [9.17, 15) is 14.9 Å². The van der Waals surface area contributed by atoms with E-state index >= 15 is 0 Å². The van der Waals surface area contributed by atoms with Crippen LogP contribution < -0.4 is 26.5 Å². The van der Waals surface area contributed by atoms with E-state index < -0.39 is 24.6 Å². The molecule has 39 heavy (non-hydrogen) atoms. The molecule has 0 aliphatic carbocycles. The minimum absolute atomic E-state index is 0.190. The van der Waals surface area contributed by atoms with Gasteiger partial charge in [0, 0.05) is 6.54 Å². The number of carbonyl (C=O) groups is 2. The van der Waals surface area contributed by atoms with Gasteiger partial charge in [0.2, 0.25) is 0 Å². The summed E-state index contributed by atoms with van der Waals surface area (Å²) in [5.41, 5.74) is -0.552. The number of likely N-dealkylation sites (N-methyl/N-ethyl adjacent to an activating group) is 1. The van der Waals surface area contributed by atoms with Crippen molar-refractivity contribution in [1.82, 2.24) is 10.6 Å². The van der Waals surface area contributed by atoms with Crippen molar-refractivity contribution in [3.63, 3.8) is 0 Å². The van der Waals surface area contributed by atoms with Crippen LogP contribution in [0.25, 0.3) is 0 Å². The van der Waals surface area contributed by atoms with Crippen molar-refractivity contribution in [3.05, 3.63) is 91.0 Å². The SMILES string of the molecule is CNC(CCCCNC(=O)OC(C)(C)C)C(=O)C(C#N)=P(c1ccccc1)(c1ccccc1)c1ccccc1. The number of benzene rings is 3. The summed E-state index contributed by atoms with van der Waals surface area (Å²) in [6.07, 6.45) is 1.46. The van der Waals surface area contributed by atoms with Crippen LogP contribution in [-0.2, 0) is 9.53 Å². The van der Waals surface area contributed by atoms with Crippen molar-refractivity contribution >= 4 is 40.0 Å². The second kappa shape index (κ2) is 13.9. The minimum Gasteiger partial charge on any atom is -0.444 e. The third-order valence-electron chi connectivity index (χ3n) is 6.36. The third kappa shape index (κ3) is 7.47. The number of rotatable bonds is 11. The smallest absolute Gasteiger partial charge is 0.407 e. The molecular formula is C32H38N3O3P. The van der Waals surface area contributed by atoms with Crippen LogP contribution in [-0.4, -0.2) is 42.4 Å². The van der Waals surface area contributed by atoms with Crippen LogP contribution in [0.2, 0.25) is 0 Å². The number of unbranched alkanes of at least 4 members (excludes halogenated alkanes) is 1. The molecule has 3 rings (SSSR count). The summed E-state index contributed by atoms with van der Waals surface area (Å²) in [6, 6.07) is 31.6. The van der Waals surface area contributed by atoms with Crippen molar-refractivity contribution in [3.8, 4) is 6.07 Å². The first-order valence-electron chi connectivity index (χ1n) is 13.3. The lowest BCUT2D eigenvalue weighted by Gasteiger charge is -2.31. The Morgan fingerprint density at radius 3 is 1.69 bits per heavy atom. The summed E-state index contributed by atoms with van der Waals surface area (Å²) in [5, 5.41) is 19.7. The summed E-state index contributed by atoms with van der Waals surface area (Å²) in [6.45, 7) is 3.14. The Morgan fingerprint density at radius 2 is 1.31 bits per heavy atom. The number of nitrogens with zero attached hydrogens (tertiary/aromatic N) is 1. The highest BCUT2D eigenvalue weighted by Crippen LogP contribution is 2.46. The van der Waals surface area contributed by atoms with Gasteiger partial charge < -0.3 is 15.4 Å². The highest BCUT2D eigenvalue weighted by molar-refractivity contribution is 7.97. The molecule has 0 aliphatic rings. The standard InChI is InChI=1S/C32H38N3O3P/c1-32(2,3)38-31(37)35-23-15-14-22-28(34-4)30(36)29(24-33)39(25-16-8-5-9-17-25,26-18-10-6-11-19-26)27-20-12-7-13-21-27/h5-13,16-21,28,34H,14-15,22-23H2,1-4H3,(H,35,37). The molecule has 7 heteroatoms. The van der Waals surface area contributed by atoms with E-state index in [0.29, 0.717) is 25.8 Å². The fourth-order valence-corrected chi connectivity index (χ4v) is 8.80. The van der Waals surface area contributed by atoms with E-state index in [1.54, 1.807) is 7.05 Å². The lowest BCUT2D eigenvalue weighted by Crippen LogP contribution is -2.42. The Morgan fingerprint density at radius 1 is 0.846 bits per heavy atom. The topological polar surface area (TPSA) is 91.2 Å². The van der Waals surface area contributed by atoms with E-state index in [0.717, 1.165) is 15.9 Å². The normalized spacial score (nSPS) is 12.2. The summed E-state index contributed by atoms with van der Waals surface area (Å²) in [7, 11) is 1.75. The zero-order valence-electron chi connectivity index (χ0n) is 23.2. The van der Waals surface area contributed by atoms with Crippen molar-refractivity contribution in [1.29, 1.82) is 5.26 Å². The predicted octanol–water partition coefficient (Wildman–Crippen LogP) is 4.53. The average Bonchev–Trinajstić information content (AvgIpc) is 2.94. The maximum absolute atomic E-state index is 14.2. The number of Topliss-reactive ketones (excluding diaryl/α,β-unsaturated/α-hetero) is 1. The van der Waals surface area contributed by atoms with Gasteiger partial charge in [0.25, 0.3) is 0 Å².